The largest absolute Gasteiger partial charge is 0.324 e. The lowest BCUT2D eigenvalue weighted by Crippen LogP contribution is -2.08. The molecule has 2 atom stereocenters. The van der Waals surface area contributed by atoms with Gasteiger partial charge < -0.3 is 4.57 Å². The van der Waals surface area contributed by atoms with E-state index in [9.17, 15) is 0 Å². The second kappa shape index (κ2) is 4.30. The minimum atomic E-state index is 0.472. The zero-order chi connectivity index (χ0) is 11.8. The van der Waals surface area contributed by atoms with Gasteiger partial charge in [-0.1, -0.05) is 6.92 Å². The number of aromatic nitrogens is 3. The molecule has 0 radical (unpaired) electrons. The zero-order valence-corrected chi connectivity index (χ0v) is 10.7. The molecule has 1 aliphatic rings. The Kier molecular flexibility index (Phi) is 2.79. The van der Waals surface area contributed by atoms with Crippen LogP contribution in [0, 0.1) is 5.92 Å². The Morgan fingerprint density at radius 2 is 2.35 bits per heavy atom. The van der Waals surface area contributed by atoms with Crippen LogP contribution in [0.5, 0.6) is 0 Å². The lowest BCUT2D eigenvalue weighted by molar-refractivity contribution is 0.494. The van der Waals surface area contributed by atoms with Gasteiger partial charge in [0.2, 0.25) is 0 Å². The second-order valence-corrected chi connectivity index (χ2v) is 5.24. The number of imidazole rings is 1. The SMILES string of the molecule is CC1CCC(n2c(CCl)nc3cnccc32)C1. The zero-order valence-electron chi connectivity index (χ0n) is 9.93. The molecule has 2 aromatic heterocycles. The third-order valence-corrected chi connectivity index (χ3v) is 3.96. The molecule has 2 heterocycles. The fourth-order valence-corrected chi connectivity index (χ4v) is 3.10. The lowest BCUT2D eigenvalue weighted by atomic mass is 10.1. The van der Waals surface area contributed by atoms with E-state index in [1.165, 1.54) is 24.8 Å². The minimum absolute atomic E-state index is 0.472. The third kappa shape index (κ3) is 1.82. The second-order valence-electron chi connectivity index (χ2n) is 4.97. The van der Waals surface area contributed by atoms with Crippen molar-refractivity contribution in [2.75, 3.05) is 0 Å². The monoisotopic (exact) mass is 249 g/mol. The van der Waals surface area contributed by atoms with Gasteiger partial charge in [-0.25, -0.2) is 4.98 Å². The van der Waals surface area contributed by atoms with Crippen LogP contribution in [-0.4, -0.2) is 14.5 Å². The smallest absolute Gasteiger partial charge is 0.125 e. The molecule has 0 saturated heterocycles. The Labute approximate surface area is 106 Å². The maximum absolute atomic E-state index is 6.01. The van der Waals surface area contributed by atoms with Crippen molar-refractivity contribution in [2.24, 2.45) is 5.92 Å². The summed E-state index contributed by atoms with van der Waals surface area (Å²) in [5.74, 6) is 2.26. The van der Waals surface area contributed by atoms with Crippen LogP contribution in [0.3, 0.4) is 0 Å². The molecule has 0 aromatic carbocycles. The van der Waals surface area contributed by atoms with E-state index in [1.54, 1.807) is 0 Å². The van der Waals surface area contributed by atoms with Crippen molar-refractivity contribution in [3.63, 3.8) is 0 Å². The molecule has 90 valence electrons. The van der Waals surface area contributed by atoms with Gasteiger partial charge >= 0.3 is 0 Å². The molecule has 1 aliphatic carbocycles. The molecule has 0 aliphatic heterocycles. The molecular formula is C13H16ClN3. The highest BCUT2D eigenvalue weighted by Crippen LogP contribution is 2.37. The molecule has 4 heteroatoms. The maximum Gasteiger partial charge on any atom is 0.125 e. The molecule has 3 nitrogen and oxygen atoms in total. The number of hydrogen-bond donors (Lipinski definition) is 0. The summed E-state index contributed by atoms with van der Waals surface area (Å²) in [4.78, 5) is 8.69. The van der Waals surface area contributed by atoms with Crippen molar-refractivity contribution in [1.29, 1.82) is 0 Å². The van der Waals surface area contributed by atoms with E-state index in [2.05, 4.69) is 21.5 Å². The number of nitrogens with zero attached hydrogens (tertiary/aromatic N) is 3. The van der Waals surface area contributed by atoms with Gasteiger partial charge in [-0.15, -0.1) is 11.6 Å². The summed E-state index contributed by atoms with van der Waals surface area (Å²) in [7, 11) is 0. The first-order valence-electron chi connectivity index (χ1n) is 6.16. The molecule has 0 bridgehead atoms. The number of halogens is 1. The molecule has 0 N–H and O–H groups in total. The fourth-order valence-electron chi connectivity index (χ4n) is 2.91. The fraction of sp³-hybridized carbons (Fsp3) is 0.538. The summed E-state index contributed by atoms with van der Waals surface area (Å²) in [6.45, 7) is 2.32. The van der Waals surface area contributed by atoms with Gasteiger partial charge in [0.25, 0.3) is 0 Å². The van der Waals surface area contributed by atoms with Crippen molar-refractivity contribution >= 4 is 22.6 Å². The summed E-state index contributed by atoms with van der Waals surface area (Å²) in [5, 5.41) is 0. The van der Waals surface area contributed by atoms with Crippen molar-refractivity contribution in [3.05, 3.63) is 24.3 Å². The standard InChI is InChI=1S/C13H16ClN3/c1-9-2-3-10(6-9)17-12-4-5-15-8-11(12)16-13(17)7-14/h4-5,8-10H,2-3,6-7H2,1H3. The Balaban J connectivity index is 2.12. The maximum atomic E-state index is 6.01. The van der Waals surface area contributed by atoms with Gasteiger partial charge in [-0.05, 0) is 31.2 Å². The van der Waals surface area contributed by atoms with E-state index >= 15 is 0 Å². The van der Waals surface area contributed by atoms with Crippen molar-refractivity contribution in [2.45, 2.75) is 38.1 Å². The molecule has 17 heavy (non-hydrogen) atoms. The summed E-state index contributed by atoms with van der Waals surface area (Å²) < 4.78 is 2.33. The van der Waals surface area contributed by atoms with Gasteiger partial charge in [0.1, 0.15) is 11.3 Å². The predicted octanol–water partition coefficient (Wildman–Crippen LogP) is 3.53. The first-order chi connectivity index (χ1) is 8.29. The highest BCUT2D eigenvalue weighted by molar-refractivity contribution is 6.16. The third-order valence-electron chi connectivity index (χ3n) is 3.72. The summed E-state index contributed by atoms with van der Waals surface area (Å²) in [5.41, 5.74) is 2.14. The Bertz CT molecular complexity index is 534. The summed E-state index contributed by atoms with van der Waals surface area (Å²) in [6, 6.07) is 2.60. The molecule has 1 fully saturated rings. The van der Waals surface area contributed by atoms with Crippen LogP contribution in [0.2, 0.25) is 0 Å². The molecule has 3 rings (SSSR count). The quantitative estimate of drug-likeness (QED) is 0.763. The van der Waals surface area contributed by atoms with Crippen LogP contribution < -0.4 is 0 Å². The number of alkyl halides is 1. The number of pyridine rings is 1. The van der Waals surface area contributed by atoms with Gasteiger partial charge in [0.15, 0.2) is 0 Å². The van der Waals surface area contributed by atoms with E-state index in [1.807, 2.05) is 18.5 Å². The molecule has 2 unspecified atom stereocenters. The van der Waals surface area contributed by atoms with Crippen molar-refractivity contribution < 1.29 is 0 Å². The van der Waals surface area contributed by atoms with E-state index in [0.29, 0.717) is 11.9 Å². The Morgan fingerprint density at radius 1 is 1.47 bits per heavy atom. The summed E-state index contributed by atoms with van der Waals surface area (Å²) >= 11 is 6.01. The van der Waals surface area contributed by atoms with E-state index in [0.717, 1.165) is 17.3 Å². The Morgan fingerprint density at radius 3 is 3.06 bits per heavy atom. The van der Waals surface area contributed by atoms with Gasteiger partial charge in [-0.2, -0.15) is 0 Å². The lowest BCUT2D eigenvalue weighted by Gasteiger charge is -2.15. The molecule has 1 saturated carbocycles. The molecule has 0 amide bonds. The normalized spacial score (nSPS) is 24.6. The van der Waals surface area contributed by atoms with Crippen LogP contribution in [0.25, 0.3) is 11.0 Å². The summed E-state index contributed by atoms with van der Waals surface area (Å²) in [6.07, 6.45) is 7.42. The van der Waals surface area contributed by atoms with E-state index in [4.69, 9.17) is 11.6 Å². The number of hydrogen-bond acceptors (Lipinski definition) is 2. The Hall–Kier alpha value is -1.09. The van der Waals surface area contributed by atoms with E-state index < -0.39 is 0 Å². The topological polar surface area (TPSA) is 30.7 Å². The molecule has 0 spiro atoms. The average Bonchev–Trinajstić information content (AvgIpc) is 2.91. The van der Waals surface area contributed by atoms with E-state index in [-0.39, 0.29) is 0 Å². The highest BCUT2D eigenvalue weighted by atomic mass is 35.5. The highest BCUT2D eigenvalue weighted by Gasteiger charge is 2.26. The minimum Gasteiger partial charge on any atom is -0.324 e. The van der Waals surface area contributed by atoms with Crippen LogP contribution in [0.15, 0.2) is 18.5 Å². The molecule has 2 aromatic rings. The number of fused-ring (bicyclic) bond motifs is 1. The average molecular weight is 250 g/mol. The van der Waals surface area contributed by atoms with Crippen LogP contribution in [0.1, 0.15) is 38.1 Å². The van der Waals surface area contributed by atoms with Crippen molar-refractivity contribution in [3.8, 4) is 0 Å². The first-order valence-corrected chi connectivity index (χ1v) is 6.70. The first kappa shape index (κ1) is 11.0. The van der Waals surface area contributed by atoms with Crippen LogP contribution in [-0.2, 0) is 5.88 Å². The van der Waals surface area contributed by atoms with Crippen molar-refractivity contribution in [1.82, 2.24) is 14.5 Å². The van der Waals surface area contributed by atoms with Crippen LogP contribution in [0.4, 0.5) is 0 Å². The van der Waals surface area contributed by atoms with Gasteiger partial charge in [0.05, 0.1) is 17.6 Å². The van der Waals surface area contributed by atoms with Crippen LogP contribution >= 0.6 is 11.6 Å². The molecular weight excluding hydrogens is 234 g/mol. The number of rotatable bonds is 2. The van der Waals surface area contributed by atoms with Gasteiger partial charge in [-0.3, -0.25) is 4.98 Å². The predicted molar refractivity (Wildman–Crippen MR) is 69.1 cm³/mol. The van der Waals surface area contributed by atoms with Gasteiger partial charge in [0, 0.05) is 12.2 Å².